The molecule has 7 heteroatoms. The fraction of sp³-hybridized carbons (Fsp3) is 0.500. The smallest absolute Gasteiger partial charge is 0.225 e. The van der Waals surface area contributed by atoms with Gasteiger partial charge in [0.25, 0.3) is 0 Å². The first kappa shape index (κ1) is 20.0. The predicted octanol–water partition coefficient (Wildman–Crippen LogP) is 3.53. The number of fused-ring (bicyclic) bond motifs is 1. The van der Waals surface area contributed by atoms with Crippen molar-refractivity contribution in [2.75, 3.05) is 31.1 Å². The number of amides is 1. The first-order chi connectivity index (χ1) is 15.2. The van der Waals surface area contributed by atoms with Gasteiger partial charge in [-0.15, -0.1) is 0 Å². The lowest BCUT2D eigenvalue weighted by Gasteiger charge is -2.24. The number of nitrogens with zero attached hydrogens (tertiary/aromatic N) is 6. The van der Waals surface area contributed by atoms with Gasteiger partial charge in [-0.25, -0.2) is 14.6 Å². The lowest BCUT2D eigenvalue weighted by Crippen LogP contribution is -2.36. The van der Waals surface area contributed by atoms with Crippen molar-refractivity contribution in [1.82, 2.24) is 24.6 Å². The number of benzene rings is 1. The van der Waals surface area contributed by atoms with Crippen LogP contribution < -0.4 is 4.90 Å². The van der Waals surface area contributed by atoms with Gasteiger partial charge in [0.2, 0.25) is 5.91 Å². The van der Waals surface area contributed by atoms with E-state index in [2.05, 4.69) is 28.9 Å². The zero-order chi connectivity index (χ0) is 21.4. The highest BCUT2D eigenvalue weighted by molar-refractivity contribution is 5.91. The van der Waals surface area contributed by atoms with Crippen molar-refractivity contribution in [2.24, 2.45) is 5.92 Å². The Kier molecular flexibility index (Phi) is 5.34. The predicted molar refractivity (Wildman–Crippen MR) is 122 cm³/mol. The Morgan fingerprint density at radius 3 is 2.61 bits per heavy atom. The summed E-state index contributed by atoms with van der Waals surface area (Å²) in [5.74, 6) is 2.44. The molecule has 2 aromatic heterocycles. The van der Waals surface area contributed by atoms with Crippen molar-refractivity contribution < 1.29 is 4.79 Å². The highest BCUT2D eigenvalue weighted by atomic mass is 16.2. The number of aromatic nitrogens is 4. The van der Waals surface area contributed by atoms with Gasteiger partial charge in [0.1, 0.15) is 11.6 Å². The highest BCUT2D eigenvalue weighted by Gasteiger charge is 2.34. The van der Waals surface area contributed by atoms with Gasteiger partial charge in [-0.3, -0.25) is 4.79 Å². The lowest BCUT2D eigenvalue weighted by molar-refractivity contribution is -0.132. The van der Waals surface area contributed by atoms with Crippen LogP contribution in [0.15, 0.2) is 30.3 Å². The Morgan fingerprint density at radius 1 is 1.06 bits per heavy atom. The Bertz CT molecular complexity index is 1090. The summed E-state index contributed by atoms with van der Waals surface area (Å²) in [6.07, 6.45) is 4.90. The second-order valence-electron chi connectivity index (χ2n) is 8.68. The minimum absolute atomic E-state index is 0.278. The van der Waals surface area contributed by atoms with Gasteiger partial charge in [-0.1, -0.05) is 25.1 Å². The quantitative estimate of drug-likeness (QED) is 0.634. The molecular formula is C24H30N6O. The zero-order valence-corrected chi connectivity index (χ0v) is 18.4. The summed E-state index contributed by atoms with van der Waals surface area (Å²) in [7, 11) is 0. The third kappa shape index (κ3) is 3.89. The molecule has 0 spiro atoms. The van der Waals surface area contributed by atoms with Crippen LogP contribution in [-0.4, -0.2) is 56.7 Å². The molecular weight excluding hydrogens is 388 g/mol. The van der Waals surface area contributed by atoms with E-state index in [9.17, 15) is 4.79 Å². The molecule has 0 unspecified atom stereocenters. The van der Waals surface area contributed by atoms with Gasteiger partial charge >= 0.3 is 0 Å². The van der Waals surface area contributed by atoms with Crippen LogP contribution in [0.3, 0.4) is 0 Å². The highest BCUT2D eigenvalue weighted by Crippen LogP contribution is 2.33. The minimum Gasteiger partial charge on any atom is -0.354 e. The molecule has 31 heavy (non-hydrogen) atoms. The van der Waals surface area contributed by atoms with E-state index in [0.29, 0.717) is 5.91 Å². The Morgan fingerprint density at radius 2 is 1.87 bits per heavy atom. The molecule has 0 atom stereocenters. The summed E-state index contributed by atoms with van der Waals surface area (Å²) >= 11 is 0. The SMILES string of the molecule is CCCc1nc(N2CCCN(C(=O)C3CC3)CC2)c2c(C)nn(-c3ccccc3)c2n1. The number of anilines is 1. The van der Waals surface area contributed by atoms with Gasteiger partial charge in [0.05, 0.1) is 16.8 Å². The Hall–Kier alpha value is -2.96. The topological polar surface area (TPSA) is 67.2 Å². The van der Waals surface area contributed by atoms with E-state index in [-0.39, 0.29) is 5.92 Å². The number of aryl methyl sites for hydroxylation is 2. The Balaban J connectivity index is 1.54. The molecule has 1 aromatic carbocycles. The average molecular weight is 419 g/mol. The summed E-state index contributed by atoms with van der Waals surface area (Å²) in [6.45, 7) is 7.48. The molecule has 2 aliphatic rings. The van der Waals surface area contributed by atoms with Crippen molar-refractivity contribution in [2.45, 2.75) is 46.0 Å². The van der Waals surface area contributed by atoms with E-state index in [0.717, 1.165) is 92.3 Å². The van der Waals surface area contributed by atoms with Crippen LogP contribution >= 0.6 is 0 Å². The lowest BCUT2D eigenvalue weighted by atomic mass is 10.2. The summed E-state index contributed by atoms with van der Waals surface area (Å²) in [6, 6.07) is 10.2. The average Bonchev–Trinajstić information content (AvgIpc) is 3.61. The maximum Gasteiger partial charge on any atom is 0.225 e. The minimum atomic E-state index is 0.278. The van der Waals surface area contributed by atoms with Crippen molar-refractivity contribution in [3.8, 4) is 5.69 Å². The second kappa shape index (κ2) is 8.29. The van der Waals surface area contributed by atoms with Crippen molar-refractivity contribution in [1.29, 1.82) is 0 Å². The maximum atomic E-state index is 12.6. The fourth-order valence-electron chi connectivity index (χ4n) is 4.46. The summed E-state index contributed by atoms with van der Waals surface area (Å²) < 4.78 is 1.94. The number of carbonyl (C=O) groups is 1. The molecule has 1 aliphatic heterocycles. The van der Waals surface area contributed by atoms with Crippen molar-refractivity contribution in [3.63, 3.8) is 0 Å². The van der Waals surface area contributed by atoms with Crippen LogP contribution in [0.4, 0.5) is 5.82 Å². The van der Waals surface area contributed by atoms with Crippen LogP contribution in [0.1, 0.15) is 44.1 Å². The third-order valence-electron chi connectivity index (χ3n) is 6.24. The standard InChI is InChI=1S/C24H30N6O/c1-3-8-20-25-22(28-13-7-14-29(16-15-28)24(31)18-11-12-18)21-17(2)27-30(23(21)26-20)19-9-5-4-6-10-19/h4-6,9-10,18H,3,7-8,11-16H2,1-2H3. The molecule has 3 heterocycles. The third-order valence-corrected chi connectivity index (χ3v) is 6.24. The zero-order valence-electron chi connectivity index (χ0n) is 18.4. The van der Waals surface area contributed by atoms with Gasteiger partial charge in [-0.05, 0) is 44.7 Å². The first-order valence-electron chi connectivity index (χ1n) is 11.5. The van der Waals surface area contributed by atoms with Crippen LogP contribution in [0, 0.1) is 12.8 Å². The van der Waals surface area contributed by atoms with Crippen molar-refractivity contribution >= 4 is 22.8 Å². The molecule has 0 bridgehead atoms. The first-order valence-corrected chi connectivity index (χ1v) is 11.5. The maximum absolute atomic E-state index is 12.6. The summed E-state index contributed by atoms with van der Waals surface area (Å²) in [5.41, 5.74) is 2.81. The molecule has 0 radical (unpaired) electrons. The molecule has 1 saturated carbocycles. The van der Waals surface area contributed by atoms with E-state index in [4.69, 9.17) is 15.1 Å². The summed E-state index contributed by atoms with van der Waals surface area (Å²) in [5, 5.41) is 5.86. The molecule has 1 aliphatic carbocycles. The van der Waals surface area contributed by atoms with Gasteiger partial charge in [0, 0.05) is 38.5 Å². The largest absolute Gasteiger partial charge is 0.354 e. The monoisotopic (exact) mass is 418 g/mol. The number of hydrogen-bond donors (Lipinski definition) is 0. The van der Waals surface area contributed by atoms with Gasteiger partial charge < -0.3 is 9.80 Å². The van der Waals surface area contributed by atoms with Gasteiger partial charge in [0.15, 0.2) is 5.65 Å². The van der Waals surface area contributed by atoms with E-state index in [1.807, 2.05) is 29.8 Å². The molecule has 162 valence electrons. The summed E-state index contributed by atoms with van der Waals surface area (Å²) in [4.78, 5) is 26.9. The molecule has 0 N–H and O–H groups in total. The normalized spacial score (nSPS) is 17.2. The molecule has 1 amide bonds. The van der Waals surface area contributed by atoms with E-state index in [1.54, 1.807) is 0 Å². The van der Waals surface area contributed by atoms with E-state index in [1.165, 1.54) is 0 Å². The molecule has 5 rings (SSSR count). The van der Waals surface area contributed by atoms with Crippen molar-refractivity contribution in [3.05, 3.63) is 41.9 Å². The van der Waals surface area contributed by atoms with Crippen LogP contribution in [0.2, 0.25) is 0 Å². The second-order valence-corrected chi connectivity index (χ2v) is 8.68. The van der Waals surface area contributed by atoms with E-state index >= 15 is 0 Å². The van der Waals surface area contributed by atoms with Crippen LogP contribution in [0.5, 0.6) is 0 Å². The van der Waals surface area contributed by atoms with Crippen LogP contribution in [0.25, 0.3) is 16.7 Å². The molecule has 1 saturated heterocycles. The number of carbonyl (C=O) groups excluding carboxylic acids is 1. The fourth-order valence-corrected chi connectivity index (χ4v) is 4.46. The number of para-hydroxylation sites is 1. The number of hydrogen-bond acceptors (Lipinski definition) is 5. The van der Waals surface area contributed by atoms with Gasteiger partial charge in [-0.2, -0.15) is 5.10 Å². The molecule has 3 aromatic rings. The Labute approximate surface area is 183 Å². The van der Waals surface area contributed by atoms with Crippen LogP contribution in [-0.2, 0) is 11.2 Å². The van der Waals surface area contributed by atoms with E-state index < -0.39 is 0 Å². The number of rotatable bonds is 5. The molecule has 2 fully saturated rings. The molecule has 7 nitrogen and oxygen atoms in total.